The van der Waals surface area contributed by atoms with Gasteiger partial charge in [0, 0.05) is 27.9 Å². The van der Waals surface area contributed by atoms with Gasteiger partial charge < -0.3 is 10.5 Å². The van der Waals surface area contributed by atoms with Crippen molar-refractivity contribution in [1.82, 2.24) is 0 Å². The van der Waals surface area contributed by atoms with Crippen molar-refractivity contribution in [2.75, 3.05) is 12.8 Å². The molecule has 0 aliphatic carbocycles. The first-order valence-electron chi connectivity index (χ1n) is 5.01. The summed E-state index contributed by atoms with van der Waals surface area (Å²) in [5.41, 5.74) is 7.46. The number of hydrogen-bond acceptors (Lipinski definition) is 2. The minimum Gasteiger partial charge on any atom is -0.496 e. The predicted octanol–water partition coefficient (Wildman–Crippen LogP) is 3.74. The quantitative estimate of drug-likeness (QED) is 0.826. The molecule has 0 bridgehead atoms. The van der Waals surface area contributed by atoms with Gasteiger partial charge in [-0.2, -0.15) is 0 Å². The van der Waals surface area contributed by atoms with Crippen LogP contribution < -0.4 is 10.5 Å². The first-order chi connectivity index (χ1) is 8.13. The van der Waals surface area contributed by atoms with Crippen LogP contribution >= 0.6 is 11.6 Å². The van der Waals surface area contributed by atoms with Crippen molar-refractivity contribution in [3.05, 3.63) is 47.2 Å². The van der Waals surface area contributed by atoms with E-state index in [4.69, 9.17) is 22.1 Å². The zero-order chi connectivity index (χ0) is 12.4. The van der Waals surface area contributed by atoms with E-state index in [1.165, 1.54) is 19.2 Å². The maximum Gasteiger partial charge on any atom is 0.131 e. The Labute approximate surface area is 104 Å². The van der Waals surface area contributed by atoms with Crippen molar-refractivity contribution in [1.29, 1.82) is 0 Å². The molecule has 0 aromatic heterocycles. The van der Waals surface area contributed by atoms with Crippen LogP contribution in [-0.2, 0) is 0 Å². The molecular formula is C13H11ClFNO. The largest absolute Gasteiger partial charge is 0.496 e. The molecule has 0 heterocycles. The number of halogens is 2. The summed E-state index contributed by atoms with van der Waals surface area (Å²) in [6, 6.07) is 9.76. The van der Waals surface area contributed by atoms with Gasteiger partial charge in [-0.1, -0.05) is 29.8 Å². The van der Waals surface area contributed by atoms with Crippen LogP contribution in [0.2, 0.25) is 5.02 Å². The van der Waals surface area contributed by atoms with Gasteiger partial charge >= 0.3 is 0 Å². The molecule has 2 rings (SSSR count). The van der Waals surface area contributed by atoms with Gasteiger partial charge in [0.2, 0.25) is 0 Å². The van der Waals surface area contributed by atoms with Crippen LogP contribution in [0.15, 0.2) is 36.4 Å². The summed E-state index contributed by atoms with van der Waals surface area (Å²) >= 11 is 6.09. The van der Waals surface area contributed by atoms with Gasteiger partial charge in [-0.15, -0.1) is 0 Å². The third kappa shape index (κ3) is 2.19. The van der Waals surface area contributed by atoms with Crippen molar-refractivity contribution in [2.45, 2.75) is 0 Å². The van der Waals surface area contributed by atoms with Gasteiger partial charge in [-0.3, -0.25) is 0 Å². The number of anilines is 1. The lowest BCUT2D eigenvalue weighted by atomic mass is 10.0. The number of methoxy groups -OCH3 is 1. The second kappa shape index (κ2) is 4.63. The molecule has 0 amide bonds. The van der Waals surface area contributed by atoms with Gasteiger partial charge in [0.15, 0.2) is 0 Å². The van der Waals surface area contributed by atoms with Crippen LogP contribution in [0.4, 0.5) is 10.1 Å². The topological polar surface area (TPSA) is 35.2 Å². The molecule has 17 heavy (non-hydrogen) atoms. The molecular weight excluding hydrogens is 241 g/mol. The van der Waals surface area contributed by atoms with Crippen molar-refractivity contribution >= 4 is 17.3 Å². The number of nitrogens with two attached hydrogens (primary N) is 1. The first-order valence-corrected chi connectivity index (χ1v) is 5.39. The SMILES string of the molecule is COc1cc(F)cc(N)c1-c1ccccc1Cl. The second-order valence-electron chi connectivity index (χ2n) is 3.55. The Kier molecular flexibility index (Phi) is 3.20. The average molecular weight is 252 g/mol. The minimum absolute atomic E-state index is 0.301. The standard InChI is InChI=1S/C13H11ClFNO/c1-17-12-7-8(15)6-11(16)13(12)9-4-2-3-5-10(9)14/h2-7H,16H2,1H3. The van der Waals surface area contributed by atoms with Gasteiger partial charge in [0.05, 0.1) is 7.11 Å². The Morgan fingerprint density at radius 3 is 2.59 bits per heavy atom. The third-order valence-corrected chi connectivity index (χ3v) is 2.79. The number of nitrogen functional groups attached to an aromatic ring is 1. The summed E-state index contributed by atoms with van der Waals surface area (Å²) in [5.74, 6) is -0.0641. The molecule has 88 valence electrons. The van der Waals surface area contributed by atoms with E-state index in [0.717, 1.165) is 5.56 Å². The van der Waals surface area contributed by atoms with Gasteiger partial charge in [-0.25, -0.2) is 4.39 Å². The van der Waals surface area contributed by atoms with Gasteiger partial charge in [0.1, 0.15) is 11.6 Å². The maximum absolute atomic E-state index is 13.2. The number of rotatable bonds is 2. The fourth-order valence-corrected chi connectivity index (χ4v) is 1.95. The Morgan fingerprint density at radius 2 is 1.94 bits per heavy atom. The number of benzene rings is 2. The second-order valence-corrected chi connectivity index (χ2v) is 3.96. The summed E-state index contributed by atoms with van der Waals surface area (Å²) in [4.78, 5) is 0. The van der Waals surface area contributed by atoms with E-state index in [1.807, 2.05) is 18.2 Å². The Bertz CT molecular complexity index is 557. The zero-order valence-electron chi connectivity index (χ0n) is 9.21. The highest BCUT2D eigenvalue weighted by Gasteiger charge is 2.14. The molecule has 2 aromatic rings. The van der Waals surface area contributed by atoms with Crippen molar-refractivity contribution in [2.24, 2.45) is 0 Å². The first kappa shape index (κ1) is 11.7. The average Bonchev–Trinajstić information content (AvgIpc) is 2.29. The molecule has 0 atom stereocenters. The molecule has 4 heteroatoms. The van der Waals surface area contributed by atoms with Crippen molar-refractivity contribution in [3.8, 4) is 16.9 Å². The predicted molar refractivity (Wildman–Crippen MR) is 67.8 cm³/mol. The maximum atomic E-state index is 13.2. The summed E-state index contributed by atoms with van der Waals surface area (Å²) in [5, 5.41) is 0.545. The van der Waals surface area contributed by atoms with E-state index < -0.39 is 5.82 Å². The lowest BCUT2D eigenvalue weighted by Crippen LogP contribution is -1.96. The van der Waals surface area contributed by atoms with Crippen LogP contribution in [0, 0.1) is 5.82 Å². The molecule has 2 N–H and O–H groups in total. The number of hydrogen-bond donors (Lipinski definition) is 1. The van der Waals surface area contributed by atoms with E-state index in [-0.39, 0.29) is 0 Å². The number of ether oxygens (including phenoxy) is 1. The summed E-state index contributed by atoms with van der Waals surface area (Å²) in [7, 11) is 1.47. The summed E-state index contributed by atoms with van der Waals surface area (Å²) in [6.07, 6.45) is 0. The zero-order valence-corrected chi connectivity index (χ0v) is 9.96. The Balaban J connectivity index is 2.71. The Morgan fingerprint density at radius 1 is 1.24 bits per heavy atom. The highest BCUT2D eigenvalue weighted by Crippen LogP contribution is 2.39. The Hall–Kier alpha value is -1.74. The van der Waals surface area contributed by atoms with Crippen LogP contribution in [0.3, 0.4) is 0 Å². The van der Waals surface area contributed by atoms with E-state index in [0.29, 0.717) is 22.0 Å². The fourth-order valence-electron chi connectivity index (χ4n) is 1.72. The normalized spacial score (nSPS) is 10.3. The fraction of sp³-hybridized carbons (Fsp3) is 0.0769. The van der Waals surface area contributed by atoms with Crippen LogP contribution in [0.5, 0.6) is 5.75 Å². The molecule has 0 aliphatic heterocycles. The smallest absolute Gasteiger partial charge is 0.131 e. The van der Waals surface area contributed by atoms with E-state index in [9.17, 15) is 4.39 Å². The van der Waals surface area contributed by atoms with Crippen molar-refractivity contribution < 1.29 is 9.13 Å². The molecule has 2 aromatic carbocycles. The van der Waals surface area contributed by atoms with Gasteiger partial charge in [0.25, 0.3) is 0 Å². The molecule has 0 radical (unpaired) electrons. The van der Waals surface area contributed by atoms with Gasteiger partial charge in [-0.05, 0) is 12.1 Å². The minimum atomic E-state index is -0.435. The van der Waals surface area contributed by atoms with Crippen molar-refractivity contribution in [3.63, 3.8) is 0 Å². The summed E-state index contributed by atoms with van der Waals surface area (Å²) < 4.78 is 18.4. The highest BCUT2D eigenvalue weighted by atomic mass is 35.5. The van der Waals surface area contributed by atoms with E-state index in [1.54, 1.807) is 6.07 Å². The molecule has 0 aliphatic rings. The lowest BCUT2D eigenvalue weighted by Gasteiger charge is -2.13. The highest BCUT2D eigenvalue weighted by molar-refractivity contribution is 6.33. The molecule has 0 saturated carbocycles. The molecule has 0 unspecified atom stereocenters. The van der Waals surface area contributed by atoms with Crippen LogP contribution in [0.25, 0.3) is 11.1 Å². The molecule has 2 nitrogen and oxygen atoms in total. The lowest BCUT2D eigenvalue weighted by molar-refractivity contribution is 0.413. The monoisotopic (exact) mass is 251 g/mol. The third-order valence-electron chi connectivity index (χ3n) is 2.46. The molecule has 0 fully saturated rings. The van der Waals surface area contributed by atoms with E-state index in [2.05, 4.69) is 0 Å². The molecule has 0 spiro atoms. The summed E-state index contributed by atoms with van der Waals surface area (Å²) in [6.45, 7) is 0. The van der Waals surface area contributed by atoms with E-state index >= 15 is 0 Å². The van der Waals surface area contributed by atoms with Crippen LogP contribution in [0.1, 0.15) is 0 Å². The van der Waals surface area contributed by atoms with Crippen LogP contribution in [-0.4, -0.2) is 7.11 Å². The molecule has 0 saturated heterocycles.